The van der Waals surface area contributed by atoms with Gasteiger partial charge < -0.3 is 16.0 Å². The third-order valence-corrected chi connectivity index (χ3v) is 4.56. The number of halogens is 1. The van der Waals surface area contributed by atoms with Gasteiger partial charge in [-0.1, -0.05) is 11.6 Å². The van der Waals surface area contributed by atoms with E-state index in [1.165, 1.54) is 12.4 Å². The minimum Gasteiger partial charge on any atom is -0.346 e. The van der Waals surface area contributed by atoms with Gasteiger partial charge >= 0.3 is 0 Å². The molecule has 1 saturated heterocycles. The highest BCUT2D eigenvalue weighted by Gasteiger charge is 2.26. The molecule has 26 heavy (non-hydrogen) atoms. The Labute approximate surface area is 156 Å². The van der Waals surface area contributed by atoms with Crippen LogP contribution in [-0.2, 0) is 0 Å². The summed E-state index contributed by atoms with van der Waals surface area (Å²) < 4.78 is 0. The molecule has 1 aromatic carbocycles. The molecule has 0 spiro atoms. The number of amides is 2. The molecule has 2 atom stereocenters. The van der Waals surface area contributed by atoms with E-state index in [1.54, 1.807) is 24.3 Å². The second kappa shape index (κ2) is 8.25. The summed E-state index contributed by atoms with van der Waals surface area (Å²) in [6.45, 7) is 2.96. The van der Waals surface area contributed by atoms with Crippen molar-refractivity contribution in [3.8, 4) is 0 Å². The number of piperidine rings is 1. The zero-order chi connectivity index (χ0) is 18.5. The van der Waals surface area contributed by atoms with Crippen molar-refractivity contribution in [2.24, 2.45) is 0 Å². The van der Waals surface area contributed by atoms with Gasteiger partial charge in [-0.15, -0.1) is 0 Å². The number of rotatable bonds is 4. The Bertz CT molecular complexity index is 796. The summed E-state index contributed by atoms with van der Waals surface area (Å²) in [5, 5.41) is 9.54. The number of benzene rings is 1. The molecule has 1 aromatic heterocycles. The smallest absolute Gasteiger partial charge is 0.276 e. The van der Waals surface area contributed by atoms with Gasteiger partial charge in [0.1, 0.15) is 0 Å². The SMILES string of the molecule is CC1NCCCC1NC(=O)c1nccnc1C(=O)Nc1ccc(Cl)cc1. The van der Waals surface area contributed by atoms with Gasteiger partial charge in [-0.25, -0.2) is 9.97 Å². The van der Waals surface area contributed by atoms with E-state index in [2.05, 4.69) is 25.9 Å². The number of carbonyl (C=O) groups excluding carboxylic acids is 2. The van der Waals surface area contributed by atoms with Crippen LogP contribution in [0.4, 0.5) is 5.69 Å². The standard InChI is InChI=1S/C18H20ClN5O2/c1-11-14(3-2-8-20-11)24-18(26)16-15(21-9-10-22-16)17(25)23-13-6-4-12(19)5-7-13/h4-7,9-11,14,20H,2-3,8H2,1H3,(H,23,25)(H,24,26). The third kappa shape index (κ3) is 4.36. The van der Waals surface area contributed by atoms with Gasteiger partial charge in [-0.3, -0.25) is 9.59 Å². The summed E-state index contributed by atoms with van der Waals surface area (Å²) in [6, 6.07) is 6.83. The van der Waals surface area contributed by atoms with E-state index < -0.39 is 11.8 Å². The Kier molecular flexibility index (Phi) is 5.80. The topological polar surface area (TPSA) is 96.0 Å². The lowest BCUT2D eigenvalue weighted by Crippen LogP contribution is -2.52. The Morgan fingerprint density at radius 2 is 1.77 bits per heavy atom. The molecular weight excluding hydrogens is 354 g/mol. The molecule has 0 bridgehead atoms. The average Bonchev–Trinajstić information content (AvgIpc) is 2.65. The average molecular weight is 374 g/mol. The van der Waals surface area contributed by atoms with Crippen molar-refractivity contribution >= 4 is 29.1 Å². The minimum atomic E-state index is -0.500. The second-order valence-corrected chi connectivity index (χ2v) is 6.62. The van der Waals surface area contributed by atoms with E-state index in [0.717, 1.165) is 19.4 Å². The Balaban J connectivity index is 1.75. The molecule has 8 heteroatoms. The molecule has 0 aliphatic carbocycles. The molecule has 7 nitrogen and oxygen atoms in total. The van der Waals surface area contributed by atoms with Crippen molar-refractivity contribution in [3.63, 3.8) is 0 Å². The number of aromatic nitrogens is 2. The molecule has 0 radical (unpaired) electrons. The summed E-state index contributed by atoms with van der Waals surface area (Å²) in [5.74, 6) is -0.903. The van der Waals surface area contributed by atoms with Crippen LogP contribution in [0.5, 0.6) is 0 Å². The lowest BCUT2D eigenvalue weighted by molar-refractivity contribution is 0.0903. The number of hydrogen-bond donors (Lipinski definition) is 3. The molecule has 2 unspecified atom stereocenters. The van der Waals surface area contributed by atoms with E-state index in [4.69, 9.17) is 11.6 Å². The zero-order valence-electron chi connectivity index (χ0n) is 14.3. The number of nitrogens with one attached hydrogen (secondary N) is 3. The van der Waals surface area contributed by atoms with Crippen LogP contribution in [0.15, 0.2) is 36.7 Å². The molecule has 136 valence electrons. The van der Waals surface area contributed by atoms with Gasteiger partial charge in [0, 0.05) is 35.2 Å². The fourth-order valence-corrected chi connectivity index (χ4v) is 3.00. The number of hydrogen-bond acceptors (Lipinski definition) is 5. The van der Waals surface area contributed by atoms with Crippen molar-refractivity contribution in [2.75, 3.05) is 11.9 Å². The molecule has 2 aromatic rings. The monoisotopic (exact) mass is 373 g/mol. The van der Waals surface area contributed by atoms with Crippen LogP contribution >= 0.6 is 11.6 Å². The van der Waals surface area contributed by atoms with Crippen molar-refractivity contribution in [1.29, 1.82) is 0 Å². The minimum absolute atomic E-state index is 0.00886. The van der Waals surface area contributed by atoms with E-state index in [-0.39, 0.29) is 23.5 Å². The molecule has 1 aliphatic rings. The molecule has 3 N–H and O–H groups in total. The highest BCUT2D eigenvalue weighted by atomic mass is 35.5. The predicted molar refractivity (Wildman–Crippen MR) is 99.4 cm³/mol. The van der Waals surface area contributed by atoms with E-state index in [9.17, 15) is 9.59 Å². The summed E-state index contributed by atoms with van der Waals surface area (Å²) >= 11 is 5.84. The fraction of sp³-hybridized carbons (Fsp3) is 0.333. The van der Waals surface area contributed by atoms with Gasteiger partial charge in [-0.05, 0) is 50.6 Å². The van der Waals surface area contributed by atoms with Crippen molar-refractivity contribution in [3.05, 3.63) is 53.1 Å². The number of nitrogens with zero attached hydrogens (tertiary/aromatic N) is 2. The third-order valence-electron chi connectivity index (χ3n) is 4.31. The quantitative estimate of drug-likeness (QED) is 0.763. The van der Waals surface area contributed by atoms with E-state index >= 15 is 0 Å². The van der Waals surface area contributed by atoms with Gasteiger partial charge in [0.25, 0.3) is 11.8 Å². The maximum atomic E-state index is 12.6. The van der Waals surface area contributed by atoms with Gasteiger partial charge in [0.05, 0.1) is 0 Å². The summed E-state index contributed by atoms with van der Waals surface area (Å²) in [6.07, 6.45) is 4.65. The maximum Gasteiger partial charge on any atom is 0.276 e. The largest absolute Gasteiger partial charge is 0.346 e. The lowest BCUT2D eigenvalue weighted by atomic mass is 9.99. The molecule has 3 rings (SSSR count). The van der Waals surface area contributed by atoms with E-state index in [0.29, 0.717) is 10.7 Å². The summed E-state index contributed by atoms with van der Waals surface area (Å²) in [5.41, 5.74) is 0.551. The Hall–Kier alpha value is -2.51. The van der Waals surface area contributed by atoms with Crippen molar-refractivity contribution in [2.45, 2.75) is 31.8 Å². The van der Waals surface area contributed by atoms with Crippen LogP contribution in [0, 0.1) is 0 Å². The first-order valence-electron chi connectivity index (χ1n) is 8.47. The van der Waals surface area contributed by atoms with Crippen LogP contribution in [0.1, 0.15) is 40.7 Å². The van der Waals surface area contributed by atoms with Crippen LogP contribution in [0.3, 0.4) is 0 Å². The Morgan fingerprint density at radius 3 is 2.42 bits per heavy atom. The zero-order valence-corrected chi connectivity index (χ0v) is 15.1. The second-order valence-electron chi connectivity index (χ2n) is 6.18. The summed E-state index contributed by atoms with van der Waals surface area (Å²) in [4.78, 5) is 33.3. The number of carbonyl (C=O) groups is 2. The van der Waals surface area contributed by atoms with Crippen molar-refractivity contribution in [1.82, 2.24) is 20.6 Å². The van der Waals surface area contributed by atoms with Crippen LogP contribution < -0.4 is 16.0 Å². The summed E-state index contributed by atoms with van der Waals surface area (Å²) in [7, 11) is 0. The van der Waals surface area contributed by atoms with Crippen LogP contribution in [-0.4, -0.2) is 40.4 Å². The molecular formula is C18H20ClN5O2. The molecule has 2 amide bonds. The van der Waals surface area contributed by atoms with E-state index in [1.807, 2.05) is 6.92 Å². The Morgan fingerprint density at radius 1 is 1.12 bits per heavy atom. The van der Waals surface area contributed by atoms with Crippen LogP contribution in [0.25, 0.3) is 0 Å². The first kappa shape index (κ1) is 18.3. The van der Waals surface area contributed by atoms with Gasteiger partial charge in [0.15, 0.2) is 11.4 Å². The van der Waals surface area contributed by atoms with Crippen LogP contribution in [0.2, 0.25) is 5.02 Å². The molecule has 1 fully saturated rings. The van der Waals surface area contributed by atoms with Gasteiger partial charge in [0.2, 0.25) is 0 Å². The highest BCUT2D eigenvalue weighted by Crippen LogP contribution is 2.15. The number of anilines is 1. The first-order valence-corrected chi connectivity index (χ1v) is 8.84. The molecule has 0 saturated carbocycles. The maximum absolute atomic E-state index is 12.6. The lowest BCUT2D eigenvalue weighted by Gasteiger charge is -2.30. The normalized spacial score (nSPS) is 19.6. The first-order chi connectivity index (χ1) is 12.5. The molecule has 2 heterocycles. The highest BCUT2D eigenvalue weighted by molar-refractivity contribution is 6.30. The fourth-order valence-electron chi connectivity index (χ4n) is 2.87. The van der Waals surface area contributed by atoms with Crippen molar-refractivity contribution < 1.29 is 9.59 Å². The van der Waals surface area contributed by atoms with Gasteiger partial charge in [-0.2, -0.15) is 0 Å². The molecule has 1 aliphatic heterocycles. The predicted octanol–water partition coefficient (Wildman–Crippen LogP) is 2.25.